The molecule has 2 aromatic carbocycles. The summed E-state index contributed by atoms with van der Waals surface area (Å²) in [6, 6.07) is 10.5. The smallest absolute Gasteiger partial charge is 0.128 e. The molecule has 0 heterocycles. The minimum absolute atomic E-state index is 0.117. The van der Waals surface area contributed by atoms with Gasteiger partial charge in [-0.25, -0.2) is 0 Å². The summed E-state index contributed by atoms with van der Waals surface area (Å²) in [6.45, 7) is 2.95. The molecule has 0 aliphatic rings. The maximum absolute atomic E-state index is 9.87. The van der Waals surface area contributed by atoms with Crippen LogP contribution in [0.15, 0.2) is 41.5 Å². The first kappa shape index (κ1) is 16.5. The maximum Gasteiger partial charge on any atom is 0.128 e. The topological polar surface area (TPSA) is 53.8 Å². The average Bonchev–Trinajstić information content (AvgIpc) is 2.49. The van der Waals surface area contributed by atoms with Crippen molar-refractivity contribution in [3.8, 4) is 11.5 Å². The van der Waals surface area contributed by atoms with E-state index < -0.39 is 0 Å². The summed E-state index contributed by atoms with van der Waals surface area (Å²) in [5.41, 5.74) is 4.45. The molecule has 0 spiro atoms. The molecule has 0 fully saturated rings. The molecule has 0 aliphatic heterocycles. The lowest BCUT2D eigenvalue weighted by Gasteiger charge is -2.05. The van der Waals surface area contributed by atoms with Crippen molar-refractivity contribution in [1.82, 2.24) is 5.43 Å². The summed E-state index contributed by atoms with van der Waals surface area (Å²) in [6.07, 6.45) is 1.54. The Kier molecular flexibility index (Phi) is 5.92. The standard InChI is InChI=1S/C16H16Cl2N2O2/c1-2-22-13-5-4-12(16(21)8-13)10-20-19-9-11-3-6-14(17)15(18)7-11/h3-8,10,19,21H,2,9H2,1H3/b20-10+. The molecule has 0 amide bonds. The third-order valence-corrected chi connectivity index (χ3v) is 3.61. The lowest BCUT2D eigenvalue weighted by Crippen LogP contribution is -2.05. The lowest BCUT2D eigenvalue weighted by molar-refractivity contribution is 0.337. The van der Waals surface area contributed by atoms with Crippen LogP contribution in [0.1, 0.15) is 18.1 Å². The van der Waals surface area contributed by atoms with Crippen molar-refractivity contribution in [3.05, 3.63) is 57.6 Å². The van der Waals surface area contributed by atoms with Crippen LogP contribution in [0.5, 0.6) is 11.5 Å². The number of hydrazone groups is 1. The number of hydrogen-bond acceptors (Lipinski definition) is 4. The van der Waals surface area contributed by atoms with Crippen molar-refractivity contribution < 1.29 is 9.84 Å². The molecule has 0 bridgehead atoms. The van der Waals surface area contributed by atoms with Gasteiger partial charge in [0.25, 0.3) is 0 Å². The van der Waals surface area contributed by atoms with Crippen molar-refractivity contribution >= 4 is 29.4 Å². The Morgan fingerprint density at radius 2 is 2.00 bits per heavy atom. The van der Waals surface area contributed by atoms with E-state index in [2.05, 4.69) is 10.5 Å². The SMILES string of the molecule is CCOc1ccc(/C=N/NCc2ccc(Cl)c(Cl)c2)c(O)c1. The molecule has 0 atom stereocenters. The normalized spacial score (nSPS) is 10.9. The molecule has 2 rings (SSSR count). The molecule has 0 aromatic heterocycles. The number of aromatic hydroxyl groups is 1. The van der Waals surface area contributed by atoms with E-state index in [4.69, 9.17) is 27.9 Å². The second-order valence-electron chi connectivity index (χ2n) is 4.50. The Bertz CT molecular complexity index is 675. The fourth-order valence-corrected chi connectivity index (χ4v) is 2.11. The third kappa shape index (κ3) is 4.55. The fourth-order valence-electron chi connectivity index (χ4n) is 1.79. The zero-order valence-corrected chi connectivity index (χ0v) is 13.5. The van der Waals surface area contributed by atoms with Gasteiger partial charge in [0.1, 0.15) is 11.5 Å². The van der Waals surface area contributed by atoms with Gasteiger partial charge in [-0.2, -0.15) is 5.10 Å². The van der Waals surface area contributed by atoms with Gasteiger partial charge in [-0.05, 0) is 36.8 Å². The molecule has 0 radical (unpaired) electrons. The Hall–Kier alpha value is -1.91. The highest BCUT2D eigenvalue weighted by Gasteiger charge is 2.01. The molecule has 116 valence electrons. The zero-order valence-electron chi connectivity index (χ0n) is 12.0. The van der Waals surface area contributed by atoms with Crippen LogP contribution in [0, 0.1) is 0 Å². The number of nitrogens with zero attached hydrogens (tertiary/aromatic N) is 1. The van der Waals surface area contributed by atoms with Crippen LogP contribution in [-0.2, 0) is 6.54 Å². The van der Waals surface area contributed by atoms with E-state index in [0.717, 1.165) is 5.56 Å². The van der Waals surface area contributed by atoms with Crippen molar-refractivity contribution in [1.29, 1.82) is 0 Å². The van der Waals surface area contributed by atoms with Crippen molar-refractivity contribution in [2.24, 2.45) is 5.10 Å². The Labute approximate surface area is 139 Å². The summed E-state index contributed by atoms with van der Waals surface area (Å²) in [5.74, 6) is 0.743. The highest BCUT2D eigenvalue weighted by atomic mass is 35.5. The molecule has 0 aliphatic carbocycles. The highest BCUT2D eigenvalue weighted by Crippen LogP contribution is 2.23. The zero-order chi connectivity index (χ0) is 15.9. The Morgan fingerprint density at radius 3 is 2.68 bits per heavy atom. The monoisotopic (exact) mass is 338 g/mol. The summed E-state index contributed by atoms with van der Waals surface area (Å²) in [5, 5.41) is 15.0. The largest absolute Gasteiger partial charge is 0.507 e. The quantitative estimate of drug-likeness (QED) is 0.612. The highest BCUT2D eigenvalue weighted by molar-refractivity contribution is 6.42. The van der Waals surface area contributed by atoms with Gasteiger partial charge in [0.15, 0.2) is 0 Å². The van der Waals surface area contributed by atoms with Gasteiger partial charge in [0.05, 0.1) is 29.4 Å². The Morgan fingerprint density at radius 1 is 1.18 bits per heavy atom. The van der Waals surface area contributed by atoms with Crippen LogP contribution < -0.4 is 10.2 Å². The van der Waals surface area contributed by atoms with Crippen LogP contribution in [0.3, 0.4) is 0 Å². The second kappa shape index (κ2) is 7.92. The molecule has 2 aromatic rings. The van der Waals surface area contributed by atoms with Gasteiger partial charge in [-0.1, -0.05) is 29.3 Å². The van der Waals surface area contributed by atoms with E-state index >= 15 is 0 Å². The predicted octanol–water partition coefficient (Wildman–Crippen LogP) is 4.22. The van der Waals surface area contributed by atoms with Gasteiger partial charge < -0.3 is 15.3 Å². The summed E-state index contributed by atoms with van der Waals surface area (Å²) < 4.78 is 5.30. The van der Waals surface area contributed by atoms with Crippen LogP contribution in [-0.4, -0.2) is 17.9 Å². The van der Waals surface area contributed by atoms with Gasteiger partial charge in [0, 0.05) is 11.6 Å². The first-order valence-corrected chi connectivity index (χ1v) is 7.51. The van der Waals surface area contributed by atoms with E-state index in [1.807, 2.05) is 13.0 Å². The number of nitrogens with one attached hydrogen (secondary N) is 1. The van der Waals surface area contributed by atoms with Crippen LogP contribution in [0.25, 0.3) is 0 Å². The summed E-state index contributed by atoms with van der Waals surface area (Å²) in [7, 11) is 0. The molecule has 6 heteroatoms. The fraction of sp³-hybridized carbons (Fsp3) is 0.188. The van der Waals surface area contributed by atoms with E-state index in [0.29, 0.717) is 34.5 Å². The molecule has 2 N–H and O–H groups in total. The number of rotatable bonds is 6. The van der Waals surface area contributed by atoms with Crippen LogP contribution in [0.2, 0.25) is 10.0 Å². The molecule has 4 nitrogen and oxygen atoms in total. The second-order valence-corrected chi connectivity index (χ2v) is 5.31. The number of benzene rings is 2. The molecule has 0 saturated carbocycles. The minimum Gasteiger partial charge on any atom is -0.507 e. The van der Waals surface area contributed by atoms with Gasteiger partial charge >= 0.3 is 0 Å². The molecular formula is C16H16Cl2N2O2. The molecular weight excluding hydrogens is 323 g/mol. The van der Waals surface area contributed by atoms with Crippen molar-refractivity contribution in [2.45, 2.75) is 13.5 Å². The van der Waals surface area contributed by atoms with Gasteiger partial charge in [0.2, 0.25) is 0 Å². The summed E-state index contributed by atoms with van der Waals surface area (Å²) in [4.78, 5) is 0. The molecule has 22 heavy (non-hydrogen) atoms. The molecule has 0 saturated heterocycles. The van der Waals surface area contributed by atoms with Crippen molar-refractivity contribution in [3.63, 3.8) is 0 Å². The number of hydrogen-bond donors (Lipinski definition) is 2. The van der Waals surface area contributed by atoms with Crippen LogP contribution >= 0.6 is 23.2 Å². The van der Waals surface area contributed by atoms with Gasteiger partial charge in [-0.3, -0.25) is 0 Å². The number of ether oxygens (including phenoxy) is 1. The van der Waals surface area contributed by atoms with Crippen LogP contribution in [0.4, 0.5) is 0 Å². The van der Waals surface area contributed by atoms with E-state index in [1.54, 1.807) is 36.5 Å². The number of halogens is 2. The molecule has 0 unspecified atom stereocenters. The number of phenolic OH excluding ortho intramolecular Hbond substituents is 1. The maximum atomic E-state index is 9.87. The van der Waals surface area contributed by atoms with Crippen molar-refractivity contribution in [2.75, 3.05) is 6.61 Å². The average molecular weight is 339 g/mol. The summed E-state index contributed by atoms with van der Waals surface area (Å²) >= 11 is 11.8. The van der Waals surface area contributed by atoms with E-state index in [9.17, 15) is 5.11 Å². The third-order valence-electron chi connectivity index (χ3n) is 2.88. The van der Waals surface area contributed by atoms with Gasteiger partial charge in [-0.15, -0.1) is 0 Å². The predicted molar refractivity (Wildman–Crippen MR) is 90.2 cm³/mol. The Balaban J connectivity index is 1.93. The van der Waals surface area contributed by atoms with E-state index in [1.165, 1.54) is 0 Å². The minimum atomic E-state index is 0.117. The first-order chi connectivity index (χ1) is 10.6. The lowest BCUT2D eigenvalue weighted by atomic mass is 10.2. The number of phenols is 1. The van der Waals surface area contributed by atoms with E-state index in [-0.39, 0.29) is 5.75 Å². The first-order valence-electron chi connectivity index (χ1n) is 6.76.